The molecule has 1 aliphatic rings. The van der Waals surface area contributed by atoms with E-state index in [4.69, 9.17) is 9.47 Å². The highest BCUT2D eigenvalue weighted by molar-refractivity contribution is 14.1. The fourth-order valence-electron chi connectivity index (χ4n) is 2.90. The molecule has 3 nitrogen and oxygen atoms in total. The smallest absolute Gasteiger partial charge is 0.152 e. The molecule has 2 aromatic carbocycles. The molecule has 0 fully saturated rings. The number of ketones is 1. The zero-order valence-corrected chi connectivity index (χ0v) is 16.6. The summed E-state index contributed by atoms with van der Waals surface area (Å²) in [5.41, 5.74) is 5.42. The first-order valence-electron chi connectivity index (χ1n) is 7.99. The Labute approximate surface area is 161 Å². The highest BCUT2D eigenvalue weighted by Crippen LogP contribution is 2.42. The number of halogens is 1. The number of aryl methyl sites for hydroxylation is 1. The first-order valence-corrected chi connectivity index (χ1v) is 9.07. The second kappa shape index (κ2) is 7.44. The van der Waals surface area contributed by atoms with Crippen molar-refractivity contribution in [3.05, 3.63) is 68.3 Å². The number of hydrogen-bond donors (Lipinski definition) is 0. The zero-order valence-electron chi connectivity index (χ0n) is 14.4. The molecule has 0 atom stereocenters. The molecule has 0 spiro atoms. The Balaban J connectivity index is 2.15. The third kappa shape index (κ3) is 3.79. The number of methoxy groups -OCH3 is 1. The SMILES string of the molecule is COc1ccc(C2=C(I)COc3c(/C=C/C(C)=O)cc(C)cc32)cc1. The van der Waals surface area contributed by atoms with Crippen LogP contribution >= 0.6 is 22.6 Å². The summed E-state index contributed by atoms with van der Waals surface area (Å²) >= 11 is 2.34. The normalized spacial score (nSPS) is 13.6. The topological polar surface area (TPSA) is 35.5 Å². The van der Waals surface area contributed by atoms with Gasteiger partial charge in [-0.05, 0) is 84.0 Å². The molecule has 1 aliphatic heterocycles. The summed E-state index contributed by atoms with van der Waals surface area (Å²) in [4.78, 5) is 11.3. The first kappa shape index (κ1) is 17.7. The summed E-state index contributed by atoms with van der Waals surface area (Å²) < 4.78 is 12.4. The monoisotopic (exact) mass is 446 g/mol. The number of carbonyl (C=O) groups is 1. The number of hydrogen-bond acceptors (Lipinski definition) is 3. The van der Waals surface area contributed by atoms with Crippen LogP contribution in [-0.2, 0) is 4.79 Å². The summed E-state index contributed by atoms with van der Waals surface area (Å²) in [6, 6.07) is 12.2. The van der Waals surface area contributed by atoms with E-state index in [2.05, 4.69) is 47.7 Å². The molecule has 2 aromatic rings. The molecule has 1 heterocycles. The number of fused-ring (bicyclic) bond motifs is 1. The van der Waals surface area contributed by atoms with Crippen molar-refractivity contribution in [2.24, 2.45) is 0 Å². The van der Waals surface area contributed by atoms with Crippen LogP contribution in [0.1, 0.15) is 29.2 Å². The van der Waals surface area contributed by atoms with Crippen molar-refractivity contribution in [1.82, 2.24) is 0 Å². The number of carbonyl (C=O) groups excluding carboxylic acids is 1. The maximum atomic E-state index is 11.3. The van der Waals surface area contributed by atoms with Crippen molar-refractivity contribution in [2.45, 2.75) is 13.8 Å². The number of rotatable bonds is 4. The molecule has 0 radical (unpaired) electrons. The zero-order chi connectivity index (χ0) is 18.0. The molecular formula is C21H19IO3. The van der Waals surface area contributed by atoms with Gasteiger partial charge in [0.2, 0.25) is 0 Å². The third-order valence-electron chi connectivity index (χ3n) is 4.02. The van der Waals surface area contributed by atoms with E-state index in [1.54, 1.807) is 20.1 Å². The molecule has 128 valence electrons. The summed E-state index contributed by atoms with van der Waals surface area (Å²) in [6.45, 7) is 4.13. The van der Waals surface area contributed by atoms with Crippen LogP contribution in [0, 0.1) is 6.92 Å². The van der Waals surface area contributed by atoms with E-state index in [-0.39, 0.29) is 5.78 Å². The highest BCUT2D eigenvalue weighted by Gasteiger charge is 2.22. The Morgan fingerprint density at radius 3 is 2.60 bits per heavy atom. The lowest BCUT2D eigenvalue weighted by atomic mass is 9.92. The van der Waals surface area contributed by atoms with Gasteiger partial charge in [0.05, 0.1) is 7.11 Å². The van der Waals surface area contributed by atoms with Crippen LogP contribution in [-0.4, -0.2) is 19.5 Å². The molecular weight excluding hydrogens is 427 g/mol. The second-order valence-electron chi connectivity index (χ2n) is 5.97. The molecule has 0 saturated heterocycles. The Kier molecular flexibility index (Phi) is 5.27. The fraction of sp³-hybridized carbons (Fsp3) is 0.190. The summed E-state index contributed by atoms with van der Waals surface area (Å²) in [5.74, 6) is 1.68. The van der Waals surface area contributed by atoms with Gasteiger partial charge in [0.15, 0.2) is 5.78 Å². The molecule has 4 heteroatoms. The lowest BCUT2D eigenvalue weighted by molar-refractivity contribution is -0.112. The Morgan fingerprint density at radius 1 is 1.24 bits per heavy atom. The van der Waals surface area contributed by atoms with Crippen LogP contribution in [0.2, 0.25) is 0 Å². The van der Waals surface area contributed by atoms with Crippen LogP contribution in [0.3, 0.4) is 0 Å². The van der Waals surface area contributed by atoms with Gasteiger partial charge in [0.25, 0.3) is 0 Å². The van der Waals surface area contributed by atoms with E-state index in [1.807, 2.05) is 24.3 Å². The van der Waals surface area contributed by atoms with E-state index in [1.165, 1.54) is 5.57 Å². The fourth-order valence-corrected chi connectivity index (χ4v) is 3.66. The van der Waals surface area contributed by atoms with Crippen molar-refractivity contribution >= 4 is 40.0 Å². The number of benzene rings is 2. The highest BCUT2D eigenvalue weighted by atomic mass is 127. The Hall–Kier alpha value is -2.08. The van der Waals surface area contributed by atoms with Gasteiger partial charge in [-0.2, -0.15) is 0 Å². The van der Waals surface area contributed by atoms with Crippen molar-refractivity contribution in [1.29, 1.82) is 0 Å². The largest absolute Gasteiger partial charge is 0.497 e. The van der Waals surface area contributed by atoms with Gasteiger partial charge in [-0.25, -0.2) is 0 Å². The standard InChI is InChI=1S/C21H19IO3/c1-13-10-16(5-4-14(2)23)21-18(11-13)20(19(22)12-25-21)15-6-8-17(24-3)9-7-15/h4-11H,12H2,1-3H3/b5-4+. The van der Waals surface area contributed by atoms with Crippen LogP contribution in [0.25, 0.3) is 11.6 Å². The molecule has 0 aliphatic carbocycles. The number of ether oxygens (including phenoxy) is 2. The van der Waals surface area contributed by atoms with Crippen LogP contribution < -0.4 is 9.47 Å². The van der Waals surface area contributed by atoms with Crippen molar-refractivity contribution < 1.29 is 14.3 Å². The summed E-state index contributed by atoms with van der Waals surface area (Å²) in [7, 11) is 1.67. The van der Waals surface area contributed by atoms with E-state index in [9.17, 15) is 4.79 Å². The summed E-state index contributed by atoms with van der Waals surface area (Å²) in [6.07, 6.45) is 3.41. The van der Waals surface area contributed by atoms with E-state index in [0.29, 0.717) is 6.61 Å². The van der Waals surface area contributed by atoms with Gasteiger partial charge in [-0.15, -0.1) is 0 Å². The molecule has 0 aromatic heterocycles. The van der Waals surface area contributed by atoms with E-state index >= 15 is 0 Å². The van der Waals surface area contributed by atoms with Crippen molar-refractivity contribution in [2.75, 3.05) is 13.7 Å². The summed E-state index contributed by atoms with van der Waals surface area (Å²) in [5, 5.41) is 0. The maximum Gasteiger partial charge on any atom is 0.152 e. The first-order chi connectivity index (χ1) is 12.0. The lowest BCUT2D eigenvalue weighted by Crippen LogP contribution is -2.10. The van der Waals surface area contributed by atoms with Gasteiger partial charge >= 0.3 is 0 Å². The van der Waals surface area contributed by atoms with Gasteiger partial charge in [0.1, 0.15) is 18.1 Å². The molecule has 0 saturated carbocycles. The average Bonchev–Trinajstić information content (AvgIpc) is 2.59. The van der Waals surface area contributed by atoms with Gasteiger partial charge in [-0.3, -0.25) is 4.79 Å². The number of allylic oxidation sites excluding steroid dienone is 1. The predicted octanol–water partition coefficient (Wildman–Crippen LogP) is 5.19. The molecule has 3 rings (SSSR count). The van der Waals surface area contributed by atoms with Crippen LogP contribution in [0.5, 0.6) is 11.5 Å². The minimum atomic E-state index is 0.0200. The van der Waals surface area contributed by atoms with E-state index < -0.39 is 0 Å². The van der Waals surface area contributed by atoms with Crippen molar-refractivity contribution in [3.8, 4) is 11.5 Å². The molecule has 0 unspecified atom stereocenters. The molecule has 25 heavy (non-hydrogen) atoms. The van der Waals surface area contributed by atoms with Gasteiger partial charge in [-0.1, -0.05) is 12.1 Å². The maximum absolute atomic E-state index is 11.3. The second-order valence-corrected chi connectivity index (χ2v) is 7.27. The van der Waals surface area contributed by atoms with Gasteiger partial charge < -0.3 is 9.47 Å². The van der Waals surface area contributed by atoms with Crippen molar-refractivity contribution in [3.63, 3.8) is 0 Å². The lowest BCUT2D eigenvalue weighted by Gasteiger charge is -2.24. The minimum Gasteiger partial charge on any atom is -0.497 e. The average molecular weight is 446 g/mol. The molecule has 0 amide bonds. The van der Waals surface area contributed by atoms with E-state index in [0.717, 1.165) is 37.3 Å². The van der Waals surface area contributed by atoms with Gasteiger partial charge in [0, 0.05) is 20.3 Å². The quantitative estimate of drug-likeness (QED) is 0.479. The van der Waals surface area contributed by atoms with Crippen LogP contribution in [0.4, 0.5) is 0 Å². The van der Waals surface area contributed by atoms with Crippen LogP contribution in [0.15, 0.2) is 46.1 Å². The minimum absolute atomic E-state index is 0.0200. The Morgan fingerprint density at radius 2 is 1.96 bits per heavy atom. The molecule has 0 N–H and O–H groups in total. The third-order valence-corrected chi connectivity index (χ3v) is 4.87. The molecule has 0 bridgehead atoms. The predicted molar refractivity (Wildman–Crippen MR) is 109 cm³/mol. The Bertz CT molecular complexity index is 877.